The number of rotatable bonds is 4. The van der Waals surface area contributed by atoms with Crippen molar-refractivity contribution in [2.24, 2.45) is 0 Å². The van der Waals surface area contributed by atoms with Crippen LogP contribution in [-0.4, -0.2) is 31.1 Å². The van der Waals surface area contributed by atoms with Crippen LogP contribution in [0.2, 0.25) is 10.0 Å². The average Bonchev–Trinajstić information content (AvgIpc) is 2.48. The summed E-state index contributed by atoms with van der Waals surface area (Å²) in [6.07, 6.45) is 4.14. The van der Waals surface area contributed by atoms with Crippen LogP contribution >= 0.6 is 23.2 Å². The maximum Gasteiger partial charge on any atom is 0.294 e. The van der Waals surface area contributed by atoms with Crippen LogP contribution in [-0.2, 0) is 0 Å². The van der Waals surface area contributed by atoms with Crippen molar-refractivity contribution in [2.45, 2.75) is 37.8 Å². The standard InChI is InChI=1S/C14H19Cl2N3O2/c1-17-9-3-5-10(6-4-9)18(2)13-7-11(15)12(16)8-14(13)19(20)21/h7-10,17H,3-6H2,1-2H3. The van der Waals surface area contributed by atoms with Crippen LogP contribution in [0, 0.1) is 10.1 Å². The second kappa shape index (κ2) is 6.81. The normalized spacial score (nSPS) is 22.1. The molecule has 1 aromatic rings. The van der Waals surface area contributed by atoms with Gasteiger partial charge in [-0.1, -0.05) is 23.2 Å². The summed E-state index contributed by atoms with van der Waals surface area (Å²) in [6.45, 7) is 0. The van der Waals surface area contributed by atoms with Crippen molar-refractivity contribution >= 4 is 34.6 Å². The van der Waals surface area contributed by atoms with E-state index >= 15 is 0 Å². The fourth-order valence-corrected chi connectivity index (χ4v) is 3.22. The third kappa shape index (κ3) is 3.59. The predicted molar refractivity (Wildman–Crippen MR) is 86.6 cm³/mol. The number of anilines is 1. The molecule has 0 aromatic heterocycles. The zero-order valence-electron chi connectivity index (χ0n) is 12.1. The maximum absolute atomic E-state index is 11.2. The number of nitro benzene ring substituents is 1. The summed E-state index contributed by atoms with van der Waals surface area (Å²) in [5.74, 6) is 0. The number of hydrogen-bond donors (Lipinski definition) is 1. The van der Waals surface area contributed by atoms with E-state index in [1.165, 1.54) is 6.07 Å². The van der Waals surface area contributed by atoms with E-state index in [0.29, 0.717) is 16.8 Å². The fraction of sp³-hybridized carbons (Fsp3) is 0.571. The Morgan fingerprint density at radius 3 is 2.33 bits per heavy atom. The largest absolute Gasteiger partial charge is 0.366 e. The molecule has 21 heavy (non-hydrogen) atoms. The molecule has 0 saturated heterocycles. The minimum atomic E-state index is -0.409. The van der Waals surface area contributed by atoms with Gasteiger partial charge in [-0.25, -0.2) is 0 Å². The number of nitrogens with one attached hydrogen (secondary N) is 1. The van der Waals surface area contributed by atoms with Gasteiger partial charge in [0, 0.05) is 25.2 Å². The summed E-state index contributed by atoms with van der Waals surface area (Å²) in [5, 5.41) is 15.1. The van der Waals surface area contributed by atoms with E-state index in [9.17, 15) is 10.1 Å². The number of benzene rings is 1. The molecule has 1 N–H and O–H groups in total. The molecule has 1 fully saturated rings. The Hall–Kier alpha value is -1.04. The minimum Gasteiger partial charge on any atom is -0.366 e. The van der Waals surface area contributed by atoms with Gasteiger partial charge >= 0.3 is 0 Å². The molecule has 0 spiro atoms. The Morgan fingerprint density at radius 2 is 1.81 bits per heavy atom. The number of hydrogen-bond acceptors (Lipinski definition) is 4. The van der Waals surface area contributed by atoms with Crippen LogP contribution in [0.25, 0.3) is 0 Å². The zero-order chi connectivity index (χ0) is 15.6. The predicted octanol–water partition coefficient (Wildman–Crippen LogP) is 3.87. The van der Waals surface area contributed by atoms with Crippen LogP contribution in [0.3, 0.4) is 0 Å². The van der Waals surface area contributed by atoms with Crippen molar-refractivity contribution in [3.63, 3.8) is 0 Å². The van der Waals surface area contributed by atoms with Crippen molar-refractivity contribution in [1.29, 1.82) is 0 Å². The molecule has 0 aliphatic heterocycles. The minimum absolute atomic E-state index is 0.00244. The Bertz CT molecular complexity index is 531. The first-order chi connectivity index (χ1) is 9.93. The van der Waals surface area contributed by atoms with Crippen molar-refractivity contribution in [3.05, 3.63) is 32.3 Å². The van der Waals surface area contributed by atoms with E-state index in [-0.39, 0.29) is 16.8 Å². The lowest BCUT2D eigenvalue weighted by atomic mass is 9.90. The highest BCUT2D eigenvalue weighted by Gasteiger charge is 2.28. The van der Waals surface area contributed by atoms with Gasteiger partial charge in [0.15, 0.2) is 0 Å². The number of nitrogens with zero attached hydrogens (tertiary/aromatic N) is 2. The van der Waals surface area contributed by atoms with Gasteiger partial charge in [0.25, 0.3) is 5.69 Å². The third-order valence-corrected chi connectivity index (χ3v) is 4.97. The van der Waals surface area contributed by atoms with Crippen molar-refractivity contribution in [1.82, 2.24) is 5.32 Å². The van der Waals surface area contributed by atoms with Crippen molar-refractivity contribution in [2.75, 3.05) is 19.0 Å². The van der Waals surface area contributed by atoms with Gasteiger partial charge in [-0.2, -0.15) is 0 Å². The molecule has 1 aliphatic rings. The van der Waals surface area contributed by atoms with Gasteiger partial charge in [0.05, 0.1) is 15.0 Å². The molecule has 1 saturated carbocycles. The first-order valence-electron chi connectivity index (χ1n) is 6.97. The zero-order valence-corrected chi connectivity index (χ0v) is 13.6. The fourth-order valence-electron chi connectivity index (χ4n) is 2.90. The first kappa shape index (κ1) is 16.3. The highest BCUT2D eigenvalue weighted by Crippen LogP contribution is 2.38. The Balaban J connectivity index is 2.24. The van der Waals surface area contributed by atoms with E-state index in [4.69, 9.17) is 23.2 Å². The number of nitro groups is 1. The molecule has 1 aliphatic carbocycles. The van der Waals surface area contributed by atoms with Crippen molar-refractivity contribution < 1.29 is 4.92 Å². The molecule has 0 bridgehead atoms. The average molecular weight is 332 g/mol. The van der Waals surface area contributed by atoms with Crippen LogP contribution in [0.4, 0.5) is 11.4 Å². The molecule has 0 heterocycles. The molecule has 7 heteroatoms. The van der Waals surface area contributed by atoms with E-state index in [2.05, 4.69) is 5.32 Å². The molecule has 5 nitrogen and oxygen atoms in total. The van der Waals surface area contributed by atoms with Crippen LogP contribution < -0.4 is 10.2 Å². The lowest BCUT2D eigenvalue weighted by Crippen LogP contribution is -2.40. The smallest absolute Gasteiger partial charge is 0.294 e. The summed E-state index contributed by atoms with van der Waals surface area (Å²) in [6, 6.07) is 3.74. The van der Waals surface area contributed by atoms with Gasteiger partial charge < -0.3 is 10.2 Å². The molecular formula is C14H19Cl2N3O2. The van der Waals surface area contributed by atoms with Crippen molar-refractivity contribution in [3.8, 4) is 0 Å². The number of halogens is 2. The lowest BCUT2D eigenvalue weighted by Gasteiger charge is -2.35. The lowest BCUT2D eigenvalue weighted by molar-refractivity contribution is -0.384. The molecule has 0 atom stereocenters. The summed E-state index contributed by atoms with van der Waals surface area (Å²) in [4.78, 5) is 12.8. The van der Waals surface area contributed by atoms with E-state index in [1.54, 1.807) is 6.07 Å². The summed E-state index contributed by atoms with van der Waals surface area (Å²) in [5.41, 5.74) is 0.532. The van der Waals surface area contributed by atoms with Crippen LogP contribution in [0.5, 0.6) is 0 Å². The Labute approximate surface area is 134 Å². The van der Waals surface area contributed by atoms with E-state index in [1.807, 2.05) is 19.0 Å². The molecule has 1 aromatic carbocycles. The SMILES string of the molecule is CNC1CCC(N(C)c2cc(Cl)c(Cl)cc2[N+](=O)[O-])CC1. The van der Waals surface area contributed by atoms with Gasteiger partial charge in [0.1, 0.15) is 5.69 Å². The van der Waals surface area contributed by atoms with Crippen LogP contribution in [0.1, 0.15) is 25.7 Å². The second-order valence-electron chi connectivity index (χ2n) is 5.42. The Morgan fingerprint density at radius 1 is 1.24 bits per heavy atom. The van der Waals surface area contributed by atoms with Gasteiger partial charge in [-0.05, 0) is 38.8 Å². The third-order valence-electron chi connectivity index (χ3n) is 4.25. The second-order valence-corrected chi connectivity index (χ2v) is 6.23. The quantitative estimate of drug-likeness (QED) is 0.672. The van der Waals surface area contributed by atoms with E-state index < -0.39 is 4.92 Å². The highest BCUT2D eigenvalue weighted by molar-refractivity contribution is 6.42. The summed E-state index contributed by atoms with van der Waals surface area (Å²) in [7, 11) is 3.86. The highest BCUT2D eigenvalue weighted by atomic mass is 35.5. The van der Waals surface area contributed by atoms with E-state index in [0.717, 1.165) is 25.7 Å². The van der Waals surface area contributed by atoms with Crippen LogP contribution in [0.15, 0.2) is 12.1 Å². The molecule has 0 unspecified atom stereocenters. The molecule has 2 rings (SSSR count). The van der Waals surface area contributed by atoms with Gasteiger partial charge in [-0.3, -0.25) is 10.1 Å². The molecule has 116 valence electrons. The summed E-state index contributed by atoms with van der Waals surface area (Å²) >= 11 is 11.9. The monoisotopic (exact) mass is 331 g/mol. The maximum atomic E-state index is 11.2. The van der Waals surface area contributed by atoms with Gasteiger partial charge in [0.2, 0.25) is 0 Å². The Kier molecular flexibility index (Phi) is 5.30. The summed E-state index contributed by atoms with van der Waals surface area (Å²) < 4.78 is 0. The van der Waals surface area contributed by atoms with Gasteiger partial charge in [-0.15, -0.1) is 0 Å². The first-order valence-corrected chi connectivity index (χ1v) is 7.73. The molecule has 0 amide bonds. The molecular weight excluding hydrogens is 313 g/mol. The molecule has 0 radical (unpaired) electrons. The topological polar surface area (TPSA) is 58.4 Å².